The highest BCUT2D eigenvalue weighted by Crippen LogP contribution is 2.29. The Morgan fingerprint density at radius 2 is 1.71 bits per heavy atom. The van der Waals surface area contributed by atoms with Crippen LogP contribution in [0.4, 0.5) is 16.6 Å². The number of rotatable bonds is 9. The highest BCUT2D eigenvalue weighted by atomic mass is 32.1. The second kappa shape index (κ2) is 12.0. The lowest BCUT2D eigenvalue weighted by Gasteiger charge is -2.17. The van der Waals surface area contributed by atoms with Crippen LogP contribution >= 0.6 is 11.3 Å². The summed E-state index contributed by atoms with van der Waals surface area (Å²) in [6.07, 6.45) is 1.71. The zero-order chi connectivity index (χ0) is 27.1. The molecule has 0 spiro atoms. The van der Waals surface area contributed by atoms with Crippen LogP contribution in [0.5, 0.6) is 0 Å². The third-order valence-corrected chi connectivity index (χ3v) is 6.38. The van der Waals surface area contributed by atoms with Crippen LogP contribution in [0.2, 0.25) is 0 Å². The summed E-state index contributed by atoms with van der Waals surface area (Å²) in [4.78, 5) is 47.0. The first-order valence-corrected chi connectivity index (χ1v) is 12.6. The second-order valence-corrected chi connectivity index (χ2v) is 9.26. The molecule has 0 aliphatic carbocycles. The van der Waals surface area contributed by atoms with Gasteiger partial charge in [0.2, 0.25) is 11.8 Å². The predicted molar refractivity (Wildman–Crippen MR) is 150 cm³/mol. The first kappa shape index (κ1) is 26.3. The molecule has 11 heteroatoms. The number of hydrogen-bond donors (Lipinski definition) is 4. The van der Waals surface area contributed by atoms with Crippen LogP contribution in [0.3, 0.4) is 0 Å². The Balaban J connectivity index is 1.40. The summed E-state index contributed by atoms with van der Waals surface area (Å²) in [5.41, 5.74) is 10.1. The van der Waals surface area contributed by atoms with Crippen molar-refractivity contribution in [2.75, 3.05) is 43.1 Å². The molecule has 4 aromatic rings. The van der Waals surface area contributed by atoms with Crippen molar-refractivity contribution in [3.63, 3.8) is 0 Å². The van der Waals surface area contributed by atoms with Gasteiger partial charge in [-0.1, -0.05) is 18.2 Å². The number of amides is 3. The molecule has 4 rings (SSSR count). The van der Waals surface area contributed by atoms with Crippen LogP contribution in [-0.4, -0.2) is 54.9 Å². The summed E-state index contributed by atoms with van der Waals surface area (Å²) in [5, 5.41) is 10.2. The summed E-state index contributed by atoms with van der Waals surface area (Å²) in [5.74, 6) is -0.166. The molecule has 0 aliphatic heterocycles. The molecule has 2 aromatic carbocycles. The first-order chi connectivity index (χ1) is 18.3. The summed E-state index contributed by atoms with van der Waals surface area (Å²) in [6, 6.07) is 18.1. The molecule has 194 valence electrons. The molecule has 3 amide bonds. The minimum Gasteiger partial charge on any atom is -0.399 e. The Kier molecular flexibility index (Phi) is 8.29. The fourth-order valence-electron chi connectivity index (χ4n) is 3.56. The third-order valence-electron chi connectivity index (χ3n) is 5.62. The van der Waals surface area contributed by atoms with E-state index < -0.39 is 0 Å². The zero-order valence-corrected chi connectivity index (χ0v) is 21.7. The Morgan fingerprint density at radius 3 is 2.47 bits per heavy atom. The topological polar surface area (TPSA) is 142 Å². The van der Waals surface area contributed by atoms with Gasteiger partial charge in [-0.15, -0.1) is 11.3 Å². The molecule has 0 saturated heterocycles. The van der Waals surface area contributed by atoms with Gasteiger partial charge in [0.05, 0.1) is 18.8 Å². The number of thiazole rings is 1. The fraction of sp³-hybridized carbons (Fsp3) is 0.148. The van der Waals surface area contributed by atoms with Gasteiger partial charge in [0.15, 0.2) is 5.13 Å². The molecule has 0 unspecified atom stereocenters. The van der Waals surface area contributed by atoms with Crippen LogP contribution in [0.25, 0.3) is 22.4 Å². The van der Waals surface area contributed by atoms with Gasteiger partial charge in [-0.25, -0.2) is 9.97 Å². The molecule has 10 nitrogen and oxygen atoms in total. The van der Waals surface area contributed by atoms with Gasteiger partial charge >= 0.3 is 0 Å². The average Bonchev–Trinajstić information content (AvgIpc) is 3.40. The van der Waals surface area contributed by atoms with E-state index in [1.807, 2.05) is 48.8 Å². The number of hydrogen-bond acceptors (Lipinski definition) is 8. The number of nitrogens with one attached hydrogen (secondary N) is 3. The van der Waals surface area contributed by atoms with Gasteiger partial charge in [0, 0.05) is 42.5 Å². The lowest BCUT2D eigenvalue weighted by atomic mass is 10.0. The molecular formula is C27H27N7O3S. The van der Waals surface area contributed by atoms with E-state index in [4.69, 9.17) is 5.73 Å². The van der Waals surface area contributed by atoms with Crippen LogP contribution in [-0.2, 0) is 9.59 Å². The number of pyridine rings is 1. The number of nitrogens with zero attached hydrogens (tertiary/aromatic N) is 3. The van der Waals surface area contributed by atoms with Crippen molar-refractivity contribution >= 4 is 45.7 Å². The quantitative estimate of drug-likeness (QED) is 0.244. The SMILES string of the molecule is CNC(=O)CN(C)c1cc(-c2cccc(-c3csc(NC(=O)CNC(=O)c4ccc(N)cc4)n3)c2)ccn1. The summed E-state index contributed by atoms with van der Waals surface area (Å²) >= 11 is 1.30. The number of aromatic nitrogens is 2. The largest absolute Gasteiger partial charge is 0.399 e. The Labute approximate surface area is 223 Å². The number of carbonyl (C=O) groups excluding carboxylic acids is 3. The Hall–Kier alpha value is -4.77. The molecule has 2 heterocycles. The minimum absolute atomic E-state index is 0.0997. The first-order valence-electron chi connectivity index (χ1n) is 11.7. The zero-order valence-electron chi connectivity index (χ0n) is 20.9. The van der Waals surface area contributed by atoms with Crippen LogP contribution < -0.4 is 26.6 Å². The molecule has 0 bridgehead atoms. The van der Waals surface area contributed by atoms with Crippen molar-refractivity contribution < 1.29 is 14.4 Å². The van der Waals surface area contributed by atoms with Crippen LogP contribution in [0, 0.1) is 0 Å². The lowest BCUT2D eigenvalue weighted by molar-refractivity contribution is -0.119. The number of anilines is 3. The maximum atomic E-state index is 12.3. The van der Waals surface area contributed by atoms with E-state index in [9.17, 15) is 14.4 Å². The molecule has 2 aromatic heterocycles. The number of carbonyl (C=O) groups is 3. The standard InChI is InChI=1S/C27H27N7O3S/c1-29-25(36)15-34(2)23-13-19(10-11-30-23)18-4-3-5-20(12-18)22-16-38-27(32-22)33-24(35)14-31-26(37)17-6-8-21(28)9-7-17/h3-13,16H,14-15,28H2,1-2H3,(H,29,36)(H,31,37)(H,32,33,35). The second-order valence-electron chi connectivity index (χ2n) is 8.40. The fourth-order valence-corrected chi connectivity index (χ4v) is 4.30. The molecule has 5 N–H and O–H groups in total. The number of benzene rings is 2. The van der Waals surface area contributed by atoms with E-state index in [-0.39, 0.29) is 30.8 Å². The molecule has 38 heavy (non-hydrogen) atoms. The smallest absolute Gasteiger partial charge is 0.251 e. The summed E-state index contributed by atoms with van der Waals surface area (Å²) in [7, 11) is 3.41. The third kappa shape index (κ3) is 6.71. The van der Waals surface area contributed by atoms with E-state index in [1.54, 1.807) is 42.4 Å². The van der Waals surface area contributed by atoms with Crippen LogP contribution in [0.1, 0.15) is 10.4 Å². The minimum atomic E-state index is -0.381. The van der Waals surface area contributed by atoms with Crippen molar-refractivity contribution in [1.82, 2.24) is 20.6 Å². The molecule has 0 aliphatic rings. The van der Waals surface area contributed by atoms with Gasteiger partial charge < -0.3 is 26.6 Å². The Bertz CT molecular complexity index is 1450. The van der Waals surface area contributed by atoms with Crippen molar-refractivity contribution in [3.05, 3.63) is 77.8 Å². The average molecular weight is 530 g/mol. The normalized spacial score (nSPS) is 10.5. The molecular weight excluding hydrogens is 502 g/mol. The predicted octanol–water partition coefficient (Wildman–Crippen LogP) is 3.01. The van der Waals surface area contributed by atoms with E-state index in [2.05, 4.69) is 25.9 Å². The van der Waals surface area contributed by atoms with Crippen molar-refractivity contribution in [3.8, 4) is 22.4 Å². The molecule has 0 atom stereocenters. The van der Waals surface area contributed by atoms with E-state index in [1.165, 1.54) is 11.3 Å². The maximum absolute atomic E-state index is 12.3. The van der Waals surface area contributed by atoms with Gasteiger partial charge in [0.1, 0.15) is 5.82 Å². The molecule has 0 radical (unpaired) electrons. The van der Waals surface area contributed by atoms with Gasteiger partial charge in [0.25, 0.3) is 5.91 Å². The van der Waals surface area contributed by atoms with Crippen molar-refractivity contribution in [1.29, 1.82) is 0 Å². The van der Waals surface area contributed by atoms with Gasteiger partial charge in [-0.05, 0) is 53.6 Å². The summed E-state index contributed by atoms with van der Waals surface area (Å²) < 4.78 is 0. The highest BCUT2D eigenvalue weighted by molar-refractivity contribution is 7.14. The lowest BCUT2D eigenvalue weighted by Crippen LogP contribution is -2.33. The Morgan fingerprint density at radius 1 is 0.974 bits per heavy atom. The number of likely N-dealkylation sites (N-methyl/N-ethyl adjacent to an activating group) is 2. The molecule has 0 fully saturated rings. The number of nitrogen functional groups attached to an aromatic ring is 1. The van der Waals surface area contributed by atoms with E-state index >= 15 is 0 Å². The van der Waals surface area contributed by atoms with Crippen LogP contribution in [0.15, 0.2) is 72.2 Å². The monoisotopic (exact) mass is 529 g/mol. The maximum Gasteiger partial charge on any atom is 0.251 e. The van der Waals surface area contributed by atoms with Gasteiger partial charge in [-0.2, -0.15) is 0 Å². The highest BCUT2D eigenvalue weighted by Gasteiger charge is 2.12. The summed E-state index contributed by atoms with van der Waals surface area (Å²) in [6.45, 7) is 0.0116. The number of nitrogens with two attached hydrogens (primary N) is 1. The van der Waals surface area contributed by atoms with E-state index in [0.717, 1.165) is 16.7 Å². The van der Waals surface area contributed by atoms with Crippen molar-refractivity contribution in [2.24, 2.45) is 0 Å². The van der Waals surface area contributed by atoms with Gasteiger partial charge in [-0.3, -0.25) is 14.4 Å². The van der Waals surface area contributed by atoms with E-state index in [0.29, 0.717) is 27.9 Å². The molecule has 0 saturated carbocycles. The van der Waals surface area contributed by atoms with Crippen molar-refractivity contribution in [2.45, 2.75) is 0 Å².